The molecular weight excluding hydrogens is 282 g/mol. The number of nitrogens with zero attached hydrogens (tertiary/aromatic N) is 1. The normalized spacial score (nSPS) is 15.5. The molecule has 0 aromatic carbocycles. The van der Waals surface area contributed by atoms with E-state index < -0.39 is 5.97 Å². The van der Waals surface area contributed by atoms with E-state index in [1.54, 1.807) is 13.0 Å². The van der Waals surface area contributed by atoms with E-state index in [1.807, 2.05) is 0 Å². The number of ketones is 1. The Morgan fingerprint density at radius 1 is 1.23 bits per heavy atom. The molecule has 0 saturated heterocycles. The lowest BCUT2D eigenvalue weighted by Gasteiger charge is -2.21. The van der Waals surface area contributed by atoms with Gasteiger partial charge in [0.05, 0.1) is 13.0 Å². The molecule has 1 fully saturated rings. The van der Waals surface area contributed by atoms with Crippen LogP contribution in [-0.4, -0.2) is 28.4 Å². The first-order valence-corrected chi connectivity index (χ1v) is 8.00. The molecule has 120 valence electrons. The van der Waals surface area contributed by atoms with Gasteiger partial charge in [0.25, 0.3) is 0 Å². The number of aromatic hydroxyl groups is 1. The Labute approximate surface area is 130 Å². The molecule has 1 aliphatic carbocycles. The zero-order valence-corrected chi connectivity index (χ0v) is 13.0. The van der Waals surface area contributed by atoms with Crippen molar-refractivity contribution in [2.24, 2.45) is 0 Å². The van der Waals surface area contributed by atoms with E-state index in [4.69, 9.17) is 4.74 Å². The van der Waals surface area contributed by atoms with E-state index in [2.05, 4.69) is 4.98 Å². The minimum Gasteiger partial charge on any atom is -0.506 e. The summed E-state index contributed by atoms with van der Waals surface area (Å²) in [5.74, 6) is -0.471. The molecule has 5 nitrogen and oxygen atoms in total. The van der Waals surface area contributed by atoms with Gasteiger partial charge in [0.1, 0.15) is 11.4 Å². The third-order valence-corrected chi connectivity index (χ3v) is 4.04. The summed E-state index contributed by atoms with van der Waals surface area (Å²) in [6, 6.07) is 3.34. The molecule has 0 atom stereocenters. The van der Waals surface area contributed by atoms with Crippen LogP contribution in [0.1, 0.15) is 74.0 Å². The van der Waals surface area contributed by atoms with Gasteiger partial charge in [-0.3, -0.25) is 9.59 Å². The highest BCUT2D eigenvalue weighted by Gasteiger charge is 2.21. The molecule has 1 N–H and O–H groups in total. The lowest BCUT2D eigenvalue weighted by molar-refractivity contribution is -0.143. The fourth-order valence-electron chi connectivity index (χ4n) is 2.86. The van der Waals surface area contributed by atoms with Crippen LogP contribution >= 0.6 is 0 Å². The summed E-state index contributed by atoms with van der Waals surface area (Å²) in [5.41, 5.74) is 0.948. The third-order valence-electron chi connectivity index (χ3n) is 4.04. The molecule has 22 heavy (non-hydrogen) atoms. The van der Waals surface area contributed by atoms with Crippen LogP contribution in [0, 0.1) is 0 Å². The fourth-order valence-corrected chi connectivity index (χ4v) is 2.86. The molecule has 0 spiro atoms. The molecule has 0 unspecified atom stereocenters. The Kier molecular flexibility index (Phi) is 5.92. The number of esters is 1. The molecule has 1 aromatic rings. The van der Waals surface area contributed by atoms with Gasteiger partial charge in [0.15, 0.2) is 5.78 Å². The molecule has 1 heterocycles. The largest absolute Gasteiger partial charge is 0.506 e. The van der Waals surface area contributed by atoms with Crippen LogP contribution in [0.4, 0.5) is 0 Å². The summed E-state index contributed by atoms with van der Waals surface area (Å²) in [4.78, 5) is 27.9. The van der Waals surface area contributed by atoms with Gasteiger partial charge in [0, 0.05) is 18.0 Å². The summed E-state index contributed by atoms with van der Waals surface area (Å²) in [7, 11) is 0. The van der Waals surface area contributed by atoms with Crippen molar-refractivity contribution in [1.82, 2.24) is 4.98 Å². The minimum absolute atomic E-state index is 0.00745. The summed E-state index contributed by atoms with van der Waals surface area (Å²) >= 11 is 0. The van der Waals surface area contributed by atoms with E-state index in [9.17, 15) is 14.7 Å². The third kappa shape index (κ3) is 4.29. The van der Waals surface area contributed by atoms with Gasteiger partial charge >= 0.3 is 5.97 Å². The molecule has 0 bridgehead atoms. The SMILES string of the molecule is CCOC(=O)CCC(=O)c1nc(C2CCCCC2)ccc1O. The first-order valence-electron chi connectivity index (χ1n) is 8.00. The standard InChI is InChI=1S/C17H23NO4/c1-2-22-16(21)11-10-15(20)17-14(19)9-8-13(18-17)12-6-4-3-5-7-12/h8-9,12,19H,2-7,10-11H2,1H3. The van der Waals surface area contributed by atoms with Crippen molar-refractivity contribution >= 4 is 11.8 Å². The second-order valence-electron chi connectivity index (χ2n) is 5.67. The number of rotatable bonds is 6. The molecule has 1 saturated carbocycles. The smallest absolute Gasteiger partial charge is 0.306 e. The predicted molar refractivity (Wildman–Crippen MR) is 81.9 cm³/mol. The molecule has 0 amide bonds. The molecule has 1 aliphatic rings. The zero-order valence-electron chi connectivity index (χ0n) is 13.0. The van der Waals surface area contributed by atoms with Gasteiger partial charge in [-0.25, -0.2) is 4.98 Å². The maximum absolute atomic E-state index is 12.2. The minimum atomic E-state index is -0.404. The molecular formula is C17H23NO4. The van der Waals surface area contributed by atoms with Gasteiger partial charge in [-0.05, 0) is 31.9 Å². The lowest BCUT2D eigenvalue weighted by Crippen LogP contribution is -2.12. The quantitative estimate of drug-likeness (QED) is 0.644. The van der Waals surface area contributed by atoms with Crippen LogP contribution in [0.3, 0.4) is 0 Å². The highest BCUT2D eigenvalue weighted by atomic mass is 16.5. The number of Topliss-reactive ketones (excluding diaryl/α,β-unsaturated/α-hetero) is 1. The number of pyridine rings is 1. The van der Waals surface area contributed by atoms with Crippen LogP contribution in [-0.2, 0) is 9.53 Å². The van der Waals surface area contributed by atoms with Crippen LogP contribution in [0.2, 0.25) is 0 Å². The van der Waals surface area contributed by atoms with Gasteiger partial charge in [-0.2, -0.15) is 0 Å². The van der Waals surface area contributed by atoms with Crippen LogP contribution < -0.4 is 0 Å². The molecule has 2 rings (SSSR count). The second kappa shape index (κ2) is 7.92. The average molecular weight is 305 g/mol. The lowest BCUT2D eigenvalue weighted by atomic mass is 9.86. The summed E-state index contributed by atoms with van der Waals surface area (Å²) in [6.07, 6.45) is 5.79. The van der Waals surface area contributed by atoms with Crippen molar-refractivity contribution in [3.8, 4) is 5.75 Å². The van der Waals surface area contributed by atoms with Crippen molar-refractivity contribution in [3.05, 3.63) is 23.5 Å². The van der Waals surface area contributed by atoms with Crippen LogP contribution in [0.5, 0.6) is 5.75 Å². The number of carbonyl (C=O) groups excluding carboxylic acids is 2. The highest BCUT2D eigenvalue weighted by Crippen LogP contribution is 2.32. The topological polar surface area (TPSA) is 76.5 Å². The molecule has 0 aliphatic heterocycles. The maximum atomic E-state index is 12.2. The molecule has 5 heteroatoms. The first kappa shape index (κ1) is 16.5. The van der Waals surface area contributed by atoms with Gasteiger partial charge in [0.2, 0.25) is 0 Å². The van der Waals surface area contributed by atoms with E-state index in [0.29, 0.717) is 12.5 Å². The van der Waals surface area contributed by atoms with Crippen molar-refractivity contribution < 1.29 is 19.4 Å². The van der Waals surface area contributed by atoms with Crippen molar-refractivity contribution in [2.45, 2.75) is 57.8 Å². The van der Waals surface area contributed by atoms with E-state index in [1.165, 1.54) is 25.3 Å². The summed E-state index contributed by atoms with van der Waals surface area (Å²) in [5, 5.41) is 9.87. The van der Waals surface area contributed by atoms with Crippen LogP contribution in [0.15, 0.2) is 12.1 Å². The zero-order chi connectivity index (χ0) is 15.9. The highest BCUT2D eigenvalue weighted by molar-refractivity contribution is 5.98. The number of carbonyl (C=O) groups is 2. The van der Waals surface area contributed by atoms with Crippen LogP contribution in [0.25, 0.3) is 0 Å². The number of ether oxygens (including phenoxy) is 1. The Hall–Kier alpha value is -1.91. The Morgan fingerprint density at radius 2 is 1.95 bits per heavy atom. The van der Waals surface area contributed by atoms with Gasteiger partial charge < -0.3 is 9.84 Å². The number of aromatic nitrogens is 1. The van der Waals surface area contributed by atoms with Gasteiger partial charge in [-0.1, -0.05) is 19.3 Å². The van der Waals surface area contributed by atoms with E-state index in [-0.39, 0.29) is 30.1 Å². The maximum Gasteiger partial charge on any atom is 0.306 e. The number of hydrogen-bond donors (Lipinski definition) is 1. The Bertz CT molecular complexity index is 535. The Morgan fingerprint density at radius 3 is 2.64 bits per heavy atom. The molecule has 1 aromatic heterocycles. The van der Waals surface area contributed by atoms with Gasteiger partial charge in [-0.15, -0.1) is 0 Å². The predicted octanol–water partition coefficient (Wildman–Crippen LogP) is 3.36. The van der Waals surface area contributed by atoms with Crippen molar-refractivity contribution in [3.63, 3.8) is 0 Å². The molecule has 0 radical (unpaired) electrons. The summed E-state index contributed by atoms with van der Waals surface area (Å²) < 4.78 is 4.80. The summed E-state index contributed by atoms with van der Waals surface area (Å²) in [6.45, 7) is 2.02. The monoisotopic (exact) mass is 305 g/mol. The fraction of sp³-hybridized carbons (Fsp3) is 0.588. The van der Waals surface area contributed by atoms with Crippen molar-refractivity contribution in [2.75, 3.05) is 6.61 Å². The average Bonchev–Trinajstić information content (AvgIpc) is 2.54. The van der Waals surface area contributed by atoms with E-state index >= 15 is 0 Å². The first-order chi connectivity index (χ1) is 10.6. The van der Waals surface area contributed by atoms with Crippen molar-refractivity contribution in [1.29, 1.82) is 0 Å². The second-order valence-corrected chi connectivity index (χ2v) is 5.67. The number of hydrogen-bond acceptors (Lipinski definition) is 5. The van der Waals surface area contributed by atoms with E-state index in [0.717, 1.165) is 18.5 Å². The Balaban J connectivity index is 2.05.